The van der Waals surface area contributed by atoms with Crippen molar-refractivity contribution >= 4 is 45.9 Å². The molecule has 106 valence electrons. The van der Waals surface area contributed by atoms with E-state index in [4.69, 9.17) is 28.9 Å². The lowest BCUT2D eigenvalue weighted by Gasteiger charge is -2.09. The van der Waals surface area contributed by atoms with E-state index < -0.39 is 11.2 Å². The summed E-state index contributed by atoms with van der Waals surface area (Å²) in [4.78, 5) is 12.9. The molecule has 0 spiro atoms. The first-order chi connectivity index (χ1) is 10.0. The van der Waals surface area contributed by atoms with Gasteiger partial charge in [-0.15, -0.1) is 0 Å². The number of halogens is 2. The van der Waals surface area contributed by atoms with Crippen LogP contribution >= 0.6 is 23.2 Å². The number of nitrogens with two attached hydrogens (primary N) is 1. The van der Waals surface area contributed by atoms with Gasteiger partial charge >= 0.3 is 0 Å². The van der Waals surface area contributed by atoms with E-state index in [1.807, 2.05) is 0 Å². The normalized spacial score (nSPS) is 19.6. The van der Waals surface area contributed by atoms with Gasteiger partial charge in [0.05, 0.1) is 10.6 Å². The van der Waals surface area contributed by atoms with E-state index in [2.05, 4.69) is 0 Å². The first-order valence-electron chi connectivity index (χ1n) is 6.01. The fraction of sp³-hybridized carbons (Fsp3) is 0. The molecule has 6 heteroatoms. The van der Waals surface area contributed by atoms with Gasteiger partial charge in [0, 0.05) is 21.8 Å². The molecule has 1 aliphatic rings. The van der Waals surface area contributed by atoms with Crippen LogP contribution in [0.4, 0.5) is 0 Å². The van der Waals surface area contributed by atoms with Crippen LogP contribution in [-0.4, -0.2) is 10.3 Å². The van der Waals surface area contributed by atoms with Crippen molar-refractivity contribution in [2.45, 2.75) is 4.90 Å². The predicted molar refractivity (Wildman–Crippen MR) is 84.8 cm³/mol. The number of hydrogen-bond acceptors (Lipinski definition) is 3. The third kappa shape index (κ3) is 2.34. The highest BCUT2D eigenvalue weighted by atomic mass is 35.5. The van der Waals surface area contributed by atoms with Crippen molar-refractivity contribution in [1.29, 1.82) is 0 Å². The molecule has 21 heavy (non-hydrogen) atoms. The zero-order valence-electron chi connectivity index (χ0n) is 10.6. The molecule has 0 aromatic heterocycles. The molecular formula is C15H9Cl2NO2S. The number of fused-ring (bicyclic) bond motifs is 1. The third-order valence-corrected chi connectivity index (χ3v) is 5.28. The third-order valence-electron chi connectivity index (χ3n) is 3.19. The standard InChI is InChI=1S/C15H9Cl2NO2S/c16-8-5-6-12-10(7-8)14(19)15(21(12)20)13(18)9-3-1-2-4-11(9)17/h1-7H,18H2. The Kier molecular flexibility index (Phi) is 3.71. The topological polar surface area (TPSA) is 66.2 Å². The zero-order chi connectivity index (χ0) is 15.1. The van der Waals surface area contributed by atoms with Gasteiger partial charge in [0.25, 0.3) is 0 Å². The zero-order valence-corrected chi connectivity index (χ0v) is 12.9. The van der Waals surface area contributed by atoms with E-state index in [1.165, 1.54) is 6.07 Å². The Balaban J connectivity index is 2.19. The molecule has 0 saturated heterocycles. The van der Waals surface area contributed by atoms with E-state index in [0.29, 0.717) is 26.1 Å². The summed E-state index contributed by atoms with van der Waals surface area (Å²) in [6.07, 6.45) is 0. The van der Waals surface area contributed by atoms with Crippen LogP contribution in [0.2, 0.25) is 10.0 Å². The van der Waals surface area contributed by atoms with Crippen molar-refractivity contribution in [3.63, 3.8) is 0 Å². The Bertz CT molecular complexity index is 789. The number of carbonyl (C=O) groups excluding carboxylic acids is 1. The predicted octanol–water partition coefficient (Wildman–Crippen LogP) is 3.62. The molecule has 3 rings (SSSR count). The lowest BCUT2D eigenvalue weighted by atomic mass is 10.1. The van der Waals surface area contributed by atoms with Crippen LogP contribution in [0.5, 0.6) is 0 Å². The fourth-order valence-corrected chi connectivity index (χ4v) is 3.94. The van der Waals surface area contributed by atoms with Crippen LogP contribution in [0, 0.1) is 0 Å². The Morgan fingerprint density at radius 3 is 2.57 bits per heavy atom. The molecule has 1 aliphatic heterocycles. The average Bonchev–Trinajstić information content (AvgIpc) is 2.70. The van der Waals surface area contributed by atoms with Gasteiger partial charge in [0.1, 0.15) is 5.70 Å². The number of hydrogen-bond donors (Lipinski definition) is 1. The van der Waals surface area contributed by atoms with Crippen LogP contribution in [0.25, 0.3) is 5.70 Å². The summed E-state index contributed by atoms with van der Waals surface area (Å²) < 4.78 is 12.5. The first-order valence-corrected chi connectivity index (χ1v) is 7.92. The summed E-state index contributed by atoms with van der Waals surface area (Å²) >= 11 is 10.3. The number of ketones is 1. The number of allylic oxidation sites excluding steroid dienone is 1. The van der Waals surface area contributed by atoms with Gasteiger partial charge in [0.2, 0.25) is 10.7 Å². The van der Waals surface area contributed by atoms with Crippen molar-refractivity contribution in [2.75, 3.05) is 0 Å². The van der Waals surface area contributed by atoms with Gasteiger partial charge in [-0.3, -0.25) is 4.79 Å². The van der Waals surface area contributed by atoms with E-state index in [0.717, 1.165) is 0 Å². The molecule has 3 nitrogen and oxygen atoms in total. The summed E-state index contributed by atoms with van der Waals surface area (Å²) in [5.74, 6) is -0.372. The molecule has 0 fully saturated rings. The summed E-state index contributed by atoms with van der Waals surface area (Å²) in [6, 6.07) is 11.5. The van der Waals surface area contributed by atoms with Crippen LogP contribution in [-0.2, 0) is 11.2 Å². The lowest BCUT2D eigenvalue weighted by Crippen LogP contribution is -2.11. The van der Waals surface area contributed by atoms with Gasteiger partial charge in [-0.1, -0.05) is 41.4 Å². The smallest absolute Gasteiger partial charge is 0.248 e. The monoisotopic (exact) mass is 337 g/mol. The minimum atomic E-state index is -1.62. The van der Waals surface area contributed by atoms with Gasteiger partial charge in [0.15, 0.2) is 4.90 Å². The molecule has 2 aromatic carbocycles. The second-order valence-electron chi connectivity index (χ2n) is 4.46. The molecule has 2 N–H and O–H groups in total. The largest absolute Gasteiger partial charge is 0.606 e. The molecular weight excluding hydrogens is 329 g/mol. The Morgan fingerprint density at radius 2 is 1.86 bits per heavy atom. The van der Waals surface area contributed by atoms with Crippen molar-refractivity contribution in [1.82, 2.24) is 0 Å². The molecule has 0 saturated carbocycles. The number of benzene rings is 2. The maximum atomic E-state index is 12.5. The molecule has 0 radical (unpaired) electrons. The summed E-state index contributed by atoms with van der Waals surface area (Å²) in [6.45, 7) is 0. The summed E-state index contributed by atoms with van der Waals surface area (Å²) in [7, 11) is 0. The highest BCUT2D eigenvalue weighted by molar-refractivity contribution is 7.97. The number of carbonyl (C=O) groups is 1. The SMILES string of the molecule is NC(=C1C(=O)c2cc(Cl)ccc2[S+]1[O-])c1ccccc1Cl. The van der Waals surface area contributed by atoms with E-state index in [1.54, 1.807) is 36.4 Å². The number of Topliss-reactive ketones (excluding diaryl/α,β-unsaturated/α-hetero) is 1. The van der Waals surface area contributed by atoms with Crippen LogP contribution in [0.3, 0.4) is 0 Å². The fourth-order valence-electron chi connectivity index (χ4n) is 2.18. The average molecular weight is 338 g/mol. The van der Waals surface area contributed by atoms with Crippen molar-refractivity contribution < 1.29 is 9.35 Å². The van der Waals surface area contributed by atoms with Crippen LogP contribution in [0.1, 0.15) is 15.9 Å². The minimum Gasteiger partial charge on any atom is -0.606 e. The molecule has 2 aromatic rings. The molecule has 1 atom stereocenters. The second kappa shape index (κ2) is 5.39. The lowest BCUT2D eigenvalue weighted by molar-refractivity contribution is 0.104. The Labute approximate surface area is 134 Å². The molecule has 1 unspecified atom stereocenters. The first kappa shape index (κ1) is 14.5. The second-order valence-corrected chi connectivity index (χ2v) is 6.69. The number of rotatable bonds is 1. The molecule has 1 heterocycles. The molecule has 0 amide bonds. The van der Waals surface area contributed by atoms with Gasteiger partial charge in [-0.2, -0.15) is 0 Å². The quantitative estimate of drug-likeness (QED) is 0.638. The minimum absolute atomic E-state index is 0.0559. The van der Waals surface area contributed by atoms with Gasteiger partial charge in [-0.25, -0.2) is 0 Å². The van der Waals surface area contributed by atoms with Crippen LogP contribution < -0.4 is 5.73 Å². The molecule has 0 bridgehead atoms. The van der Waals surface area contributed by atoms with E-state index in [9.17, 15) is 9.35 Å². The van der Waals surface area contributed by atoms with Crippen molar-refractivity contribution in [3.8, 4) is 0 Å². The Morgan fingerprint density at radius 1 is 1.14 bits per heavy atom. The van der Waals surface area contributed by atoms with Gasteiger partial charge in [-0.05, 0) is 24.3 Å². The molecule has 0 aliphatic carbocycles. The van der Waals surface area contributed by atoms with Crippen LogP contribution in [0.15, 0.2) is 52.3 Å². The van der Waals surface area contributed by atoms with E-state index in [-0.39, 0.29) is 16.4 Å². The van der Waals surface area contributed by atoms with Crippen molar-refractivity contribution in [2.24, 2.45) is 5.73 Å². The highest BCUT2D eigenvalue weighted by Crippen LogP contribution is 2.38. The van der Waals surface area contributed by atoms with E-state index >= 15 is 0 Å². The summed E-state index contributed by atoms with van der Waals surface area (Å²) in [5, 5.41) is 0.818. The Hall–Kier alpha value is -1.46. The van der Waals surface area contributed by atoms with Gasteiger partial charge < -0.3 is 10.3 Å². The summed E-state index contributed by atoms with van der Waals surface area (Å²) in [5.41, 5.74) is 7.00. The highest BCUT2D eigenvalue weighted by Gasteiger charge is 2.41. The maximum Gasteiger partial charge on any atom is 0.248 e. The maximum absolute atomic E-state index is 12.5. The van der Waals surface area contributed by atoms with Crippen molar-refractivity contribution in [3.05, 3.63) is 68.5 Å².